The summed E-state index contributed by atoms with van der Waals surface area (Å²) in [5.74, 6) is 0.600. The summed E-state index contributed by atoms with van der Waals surface area (Å²) in [7, 11) is 1.61. The number of carbonyl (C=O) groups is 2. The molecule has 33 heavy (non-hydrogen) atoms. The smallest absolute Gasteiger partial charge is 0.252 e. The van der Waals surface area contributed by atoms with Crippen LogP contribution in [-0.4, -0.2) is 40.2 Å². The van der Waals surface area contributed by atoms with Crippen LogP contribution in [0.1, 0.15) is 66.8 Å². The van der Waals surface area contributed by atoms with Gasteiger partial charge in [0.25, 0.3) is 5.91 Å². The van der Waals surface area contributed by atoms with Crippen LogP contribution in [0.25, 0.3) is 11.0 Å². The Balaban J connectivity index is 1.49. The highest BCUT2D eigenvalue weighted by Crippen LogP contribution is 2.41. The molecular weight excluding hydrogens is 418 g/mol. The minimum Gasteiger partial charge on any atom is -0.497 e. The number of hydrogen-bond donors (Lipinski definition) is 2. The number of benzene rings is 1. The van der Waals surface area contributed by atoms with Crippen LogP contribution in [0.3, 0.4) is 0 Å². The fraction of sp³-hybridized carbons (Fsp3) is 0.440. The Labute approximate surface area is 193 Å². The lowest BCUT2D eigenvalue weighted by Gasteiger charge is -2.20. The number of aromatic nitrogens is 3. The average molecular weight is 450 g/mol. The number of pyridine rings is 1. The Morgan fingerprint density at radius 2 is 1.85 bits per heavy atom. The highest BCUT2D eigenvalue weighted by Gasteiger charge is 2.30. The van der Waals surface area contributed by atoms with Crippen LogP contribution in [0.4, 0.5) is 0 Å². The van der Waals surface area contributed by atoms with Crippen LogP contribution in [0.15, 0.2) is 30.3 Å². The number of hydrogen-bond acceptors (Lipinski definition) is 5. The van der Waals surface area contributed by atoms with Crippen molar-refractivity contribution in [1.82, 2.24) is 25.4 Å². The van der Waals surface area contributed by atoms with E-state index in [1.807, 2.05) is 41.9 Å². The third-order valence-electron chi connectivity index (χ3n) is 5.77. The third kappa shape index (κ3) is 4.99. The van der Waals surface area contributed by atoms with Crippen molar-refractivity contribution in [3.05, 3.63) is 52.8 Å². The lowest BCUT2D eigenvalue weighted by Crippen LogP contribution is -2.36. The molecule has 8 nitrogen and oxygen atoms in total. The summed E-state index contributed by atoms with van der Waals surface area (Å²) in [5.41, 5.74) is 3.60. The van der Waals surface area contributed by atoms with E-state index in [0.717, 1.165) is 46.6 Å². The molecule has 0 bridgehead atoms. The van der Waals surface area contributed by atoms with Crippen LogP contribution in [0.2, 0.25) is 0 Å². The molecule has 1 fully saturated rings. The highest BCUT2D eigenvalue weighted by molar-refractivity contribution is 6.07. The lowest BCUT2D eigenvalue weighted by atomic mass is 10.1. The quantitative estimate of drug-likeness (QED) is 0.576. The molecule has 1 aliphatic carbocycles. The first-order valence-corrected chi connectivity index (χ1v) is 11.3. The van der Waals surface area contributed by atoms with E-state index in [-0.39, 0.29) is 23.9 Å². The van der Waals surface area contributed by atoms with Crippen molar-refractivity contribution in [3.63, 3.8) is 0 Å². The molecule has 2 N–H and O–H groups in total. The average Bonchev–Trinajstić information content (AvgIpc) is 3.58. The molecule has 0 atom stereocenters. The number of aryl methyl sites for hydroxylation is 1. The molecule has 3 aromatic rings. The number of rotatable bonds is 7. The van der Waals surface area contributed by atoms with Crippen LogP contribution >= 0.6 is 0 Å². The van der Waals surface area contributed by atoms with Crippen molar-refractivity contribution in [2.45, 2.75) is 58.5 Å². The summed E-state index contributed by atoms with van der Waals surface area (Å²) < 4.78 is 7.03. The van der Waals surface area contributed by atoms with Gasteiger partial charge in [0, 0.05) is 18.2 Å². The first-order chi connectivity index (χ1) is 15.7. The van der Waals surface area contributed by atoms with E-state index >= 15 is 0 Å². The van der Waals surface area contributed by atoms with E-state index in [9.17, 15) is 9.59 Å². The molecule has 8 heteroatoms. The fourth-order valence-corrected chi connectivity index (χ4v) is 3.81. The van der Waals surface area contributed by atoms with Gasteiger partial charge in [-0.1, -0.05) is 12.1 Å². The van der Waals surface area contributed by atoms with Crippen LogP contribution in [0.5, 0.6) is 5.75 Å². The second-order valence-corrected chi connectivity index (χ2v) is 9.54. The van der Waals surface area contributed by atoms with Crippen LogP contribution in [0, 0.1) is 6.92 Å². The molecule has 2 heterocycles. The molecule has 1 aromatic carbocycles. The van der Waals surface area contributed by atoms with Crippen LogP contribution in [-0.2, 0) is 16.9 Å². The Morgan fingerprint density at radius 3 is 2.45 bits per heavy atom. The number of ether oxygens (including phenoxy) is 1. The van der Waals surface area contributed by atoms with Gasteiger partial charge in [-0.15, -0.1) is 0 Å². The maximum atomic E-state index is 13.1. The minimum atomic E-state index is -0.291. The van der Waals surface area contributed by atoms with Gasteiger partial charge in [-0.3, -0.25) is 9.59 Å². The number of nitrogens with one attached hydrogen (secondary N) is 2. The molecule has 0 aliphatic heterocycles. The molecule has 174 valence electrons. The zero-order chi connectivity index (χ0) is 23.8. The van der Waals surface area contributed by atoms with Gasteiger partial charge < -0.3 is 15.4 Å². The number of nitrogens with zero attached hydrogens (tertiary/aromatic N) is 3. The summed E-state index contributed by atoms with van der Waals surface area (Å²) in [6, 6.07) is 9.33. The highest BCUT2D eigenvalue weighted by atomic mass is 16.5. The standard InChI is InChI=1S/C25H31N5O3/c1-15-22-19(12-20(17-8-9-17)28-23(22)30(29-15)25(2,3)4)24(32)27-14-21(31)26-13-16-6-10-18(33-5)11-7-16/h6-7,10-12,17H,8-9,13-14H2,1-5H3,(H,26,31)(H,27,32). The first-order valence-electron chi connectivity index (χ1n) is 11.3. The monoisotopic (exact) mass is 449 g/mol. The molecule has 0 radical (unpaired) electrons. The van der Waals surface area contributed by atoms with E-state index < -0.39 is 0 Å². The summed E-state index contributed by atoms with van der Waals surface area (Å²) >= 11 is 0. The number of carbonyl (C=O) groups excluding carboxylic acids is 2. The second kappa shape index (κ2) is 8.84. The largest absolute Gasteiger partial charge is 0.497 e. The van der Waals surface area contributed by atoms with Crippen molar-refractivity contribution in [2.75, 3.05) is 13.7 Å². The Hall–Kier alpha value is -3.42. The molecule has 0 spiro atoms. The molecule has 0 unspecified atom stereocenters. The summed E-state index contributed by atoms with van der Waals surface area (Å²) in [5, 5.41) is 11.0. The maximum Gasteiger partial charge on any atom is 0.252 e. The van der Waals surface area contributed by atoms with Gasteiger partial charge in [-0.2, -0.15) is 5.10 Å². The molecule has 2 aromatic heterocycles. The maximum absolute atomic E-state index is 13.1. The van der Waals surface area contributed by atoms with Crippen molar-refractivity contribution >= 4 is 22.8 Å². The predicted molar refractivity (Wildman–Crippen MR) is 126 cm³/mol. The topological polar surface area (TPSA) is 98.1 Å². The van der Waals surface area contributed by atoms with E-state index in [2.05, 4.69) is 36.5 Å². The molecule has 1 saturated carbocycles. The number of methoxy groups -OCH3 is 1. The van der Waals surface area contributed by atoms with Gasteiger partial charge in [0.15, 0.2) is 5.65 Å². The summed E-state index contributed by atoms with van der Waals surface area (Å²) in [4.78, 5) is 30.4. The molecule has 4 rings (SSSR count). The summed E-state index contributed by atoms with van der Waals surface area (Å²) in [6.07, 6.45) is 2.16. The van der Waals surface area contributed by atoms with Crippen molar-refractivity contribution in [3.8, 4) is 5.75 Å². The normalized spacial score (nSPS) is 13.7. The second-order valence-electron chi connectivity index (χ2n) is 9.54. The molecular formula is C25H31N5O3. The van der Waals surface area contributed by atoms with Gasteiger partial charge >= 0.3 is 0 Å². The van der Waals surface area contributed by atoms with Gasteiger partial charge in [0.1, 0.15) is 5.75 Å². The molecule has 1 aliphatic rings. The van der Waals surface area contributed by atoms with Crippen molar-refractivity contribution in [1.29, 1.82) is 0 Å². The van der Waals surface area contributed by atoms with Crippen molar-refractivity contribution < 1.29 is 14.3 Å². The van der Waals surface area contributed by atoms with E-state index in [0.29, 0.717) is 18.0 Å². The zero-order valence-electron chi connectivity index (χ0n) is 19.9. The van der Waals surface area contributed by atoms with Gasteiger partial charge in [0.05, 0.1) is 35.8 Å². The van der Waals surface area contributed by atoms with Gasteiger partial charge in [-0.25, -0.2) is 9.67 Å². The fourth-order valence-electron chi connectivity index (χ4n) is 3.81. The lowest BCUT2D eigenvalue weighted by molar-refractivity contribution is -0.120. The van der Waals surface area contributed by atoms with Crippen molar-refractivity contribution in [2.24, 2.45) is 0 Å². The predicted octanol–water partition coefficient (Wildman–Crippen LogP) is 3.43. The number of fused-ring (bicyclic) bond motifs is 1. The molecule has 0 saturated heterocycles. The number of amides is 2. The van der Waals surface area contributed by atoms with Gasteiger partial charge in [0.2, 0.25) is 5.91 Å². The van der Waals surface area contributed by atoms with Crippen LogP contribution < -0.4 is 15.4 Å². The Morgan fingerprint density at radius 1 is 1.15 bits per heavy atom. The Bertz CT molecular complexity index is 1190. The first kappa shape index (κ1) is 22.8. The van der Waals surface area contributed by atoms with E-state index in [4.69, 9.17) is 9.72 Å². The summed E-state index contributed by atoms with van der Waals surface area (Å²) in [6.45, 7) is 8.36. The van der Waals surface area contributed by atoms with E-state index in [1.165, 1.54) is 0 Å². The zero-order valence-corrected chi connectivity index (χ0v) is 19.9. The van der Waals surface area contributed by atoms with E-state index in [1.54, 1.807) is 7.11 Å². The SMILES string of the molecule is COc1ccc(CNC(=O)CNC(=O)c2cc(C3CC3)nc3c2c(C)nn3C(C)(C)C)cc1. The third-order valence-corrected chi connectivity index (χ3v) is 5.77. The minimum absolute atomic E-state index is 0.107. The molecule has 2 amide bonds. The Kier molecular flexibility index (Phi) is 6.10. The van der Waals surface area contributed by atoms with Gasteiger partial charge in [-0.05, 0) is 64.3 Å².